The fourth-order valence-corrected chi connectivity index (χ4v) is 3.30. The highest BCUT2D eigenvalue weighted by Crippen LogP contribution is 2.24. The average molecular weight is 299 g/mol. The van der Waals surface area contributed by atoms with E-state index < -0.39 is 0 Å². The number of nitrogens with zero attached hydrogens (tertiary/aromatic N) is 1. The topological polar surface area (TPSA) is 23.5 Å². The fraction of sp³-hybridized carbons (Fsp3) is 0.368. The van der Waals surface area contributed by atoms with Crippen LogP contribution in [0.25, 0.3) is 0 Å². The Morgan fingerprint density at radius 1 is 1.18 bits per heavy atom. The SMILES string of the molecule is Cc1cc(CC2CCN(Cc3cccc(O)c3)C2)ccc1F. The van der Waals surface area contributed by atoms with Gasteiger partial charge in [0.25, 0.3) is 0 Å². The van der Waals surface area contributed by atoms with Crippen molar-refractivity contribution in [2.24, 2.45) is 5.92 Å². The van der Waals surface area contributed by atoms with E-state index in [0.29, 0.717) is 11.7 Å². The van der Waals surface area contributed by atoms with Crippen molar-refractivity contribution in [3.8, 4) is 5.75 Å². The normalized spacial score (nSPS) is 18.7. The molecule has 22 heavy (non-hydrogen) atoms. The lowest BCUT2D eigenvalue weighted by Gasteiger charge is -2.16. The molecular formula is C19H22FNO. The monoisotopic (exact) mass is 299 g/mol. The second-order valence-corrected chi connectivity index (χ2v) is 6.35. The van der Waals surface area contributed by atoms with Crippen molar-refractivity contribution in [3.05, 3.63) is 65.0 Å². The van der Waals surface area contributed by atoms with Crippen LogP contribution in [0, 0.1) is 18.7 Å². The van der Waals surface area contributed by atoms with Crippen molar-refractivity contribution in [3.63, 3.8) is 0 Å². The molecule has 0 spiro atoms. The van der Waals surface area contributed by atoms with Crippen LogP contribution in [0.4, 0.5) is 4.39 Å². The van der Waals surface area contributed by atoms with E-state index in [0.717, 1.165) is 37.2 Å². The molecule has 0 aromatic heterocycles. The highest BCUT2D eigenvalue weighted by Gasteiger charge is 2.22. The van der Waals surface area contributed by atoms with Gasteiger partial charge in [0, 0.05) is 13.1 Å². The number of phenols is 1. The Morgan fingerprint density at radius 2 is 2.05 bits per heavy atom. The van der Waals surface area contributed by atoms with Crippen molar-refractivity contribution in [2.45, 2.75) is 26.3 Å². The number of likely N-dealkylation sites (tertiary alicyclic amines) is 1. The van der Waals surface area contributed by atoms with E-state index in [2.05, 4.69) is 11.0 Å². The van der Waals surface area contributed by atoms with Gasteiger partial charge in [0.15, 0.2) is 0 Å². The summed E-state index contributed by atoms with van der Waals surface area (Å²) in [4.78, 5) is 2.43. The van der Waals surface area contributed by atoms with Gasteiger partial charge in [-0.25, -0.2) is 4.39 Å². The third-order valence-corrected chi connectivity index (χ3v) is 4.43. The summed E-state index contributed by atoms with van der Waals surface area (Å²) in [7, 11) is 0. The van der Waals surface area contributed by atoms with E-state index in [-0.39, 0.29) is 5.82 Å². The van der Waals surface area contributed by atoms with E-state index in [9.17, 15) is 9.50 Å². The van der Waals surface area contributed by atoms with Gasteiger partial charge >= 0.3 is 0 Å². The molecule has 1 saturated heterocycles. The summed E-state index contributed by atoms with van der Waals surface area (Å²) in [5.74, 6) is 0.831. The Labute approximate surface area is 131 Å². The third kappa shape index (κ3) is 3.66. The van der Waals surface area contributed by atoms with Gasteiger partial charge in [-0.05, 0) is 67.1 Å². The predicted octanol–water partition coefficient (Wildman–Crippen LogP) is 3.90. The fourth-order valence-electron chi connectivity index (χ4n) is 3.30. The van der Waals surface area contributed by atoms with Crippen LogP contribution < -0.4 is 0 Å². The van der Waals surface area contributed by atoms with Crippen molar-refractivity contribution in [1.82, 2.24) is 4.90 Å². The first-order chi connectivity index (χ1) is 10.6. The molecule has 2 aromatic rings. The molecule has 3 rings (SSSR count). The van der Waals surface area contributed by atoms with Crippen LogP contribution in [-0.4, -0.2) is 23.1 Å². The maximum absolute atomic E-state index is 13.3. The van der Waals surface area contributed by atoms with Gasteiger partial charge in [-0.15, -0.1) is 0 Å². The number of hydrogen-bond acceptors (Lipinski definition) is 2. The first-order valence-electron chi connectivity index (χ1n) is 7.85. The number of benzene rings is 2. The molecule has 1 aliphatic heterocycles. The summed E-state index contributed by atoms with van der Waals surface area (Å²) in [5.41, 5.74) is 3.11. The van der Waals surface area contributed by atoms with E-state index >= 15 is 0 Å². The Hall–Kier alpha value is -1.87. The first-order valence-corrected chi connectivity index (χ1v) is 7.85. The summed E-state index contributed by atoms with van der Waals surface area (Å²) in [6, 6.07) is 12.9. The maximum Gasteiger partial charge on any atom is 0.126 e. The quantitative estimate of drug-likeness (QED) is 0.925. The summed E-state index contributed by atoms with van der Waals surface area (Å²) >= 11 is 0. The molecule has 1 unspecified atom stereocenters. The van der Waals surface area contributed by atoms with Crippen molar-refractivity contribution < 1.29 is 9.50 Å². The zero-order valence-corrected chi connectivity index (χ0v) is 12.9. The number of phenolic OH excluding ortho intramolecular Hbond substituents is 1. The van der Waals surface area contributed by atoms with Crippen LogP contribution in [0.5, 0.6) is 5.75 Å². The molecule has 0 radical (unpaired) electrons. The van der Waals surface area contributed by atoms with E-state index in [1.807, 2.05) is 31.2 Å². The molecule has 1 aliphatic rings. The minimum absolute atomic E-state index is 0.124. The largest absolute Gasteiger partial charge is 0.508 e. The molecule has 0 bridgehead atoms. The molecule has 3 heteroatoms. The van der Waals surface area contributed by atoms with Crippen LogP contribution in [0.1, 0.15) is 23.1 Å². The van der Waals surface area contributed by atoms with Crippen LogP contribution in [0.15, 0.2) is 42.5 Å². The molecule has 1 atom stereocenters. The Balaban J connectivity index is 1.57. The number of rotatable bonds is 4. The van der Waals surface area contributed by atoms with E-state index in [1.165, 1.54) is 12.0 Å². The third-order valence-electron chi connectivity index (χ3n) is 4.43. The maximum atomic E-state index is 13.3. The van der Waals surface area contributed by atoms with Crippen LogP contribution in [0.3, 0.4) is 0 Å². The molecule has 1 heterocycles. The van der Waals surface area contributed by atoms with Gasteiger partial charge in [0.05, 0.1) is 0 Å². The molecular weight excluding hydrogens is 277 g/mol. The van der Waals surface area contributed by atoms with Gasteiger partial charge in [-0.2, -0.15) is 0 Å². The molecule has 0 saturated carbocycles. The first kappa shape index (κ1) is 15.0. The van der Waals surface area contributed by atoms with Gasteiger partial charge < -0.3 is 5.11 Å². The lowest BCUT2D eigenvalue weighted by atomic mass is 9.97. The standard InChI is InChI=1S/C19H22FNO/c1-14-9-15(5-6-19(14)20)10-17-7-8-21(13-17)12-16-3-2-4-18(22)11-16/h2-6,9,11,17,22H,7-8,10,12-13H2,1H3. The average Bonchev–Trinajstić information content (AvgIpc) is 2.90. The second-order valence-electron chi connectivity index (χ2n) is 6.35. The van der Waals surface area contributed by atoms with Crippen LogP contribution in [-0.2, 0) is 13.0 Å². The lowest BCUT2D eigenvalue weighted by Crippen LogP contribution is -2.20. The van der Waals surface area contributed by atoms with Crippen molar-refractivity contribution in [2.75, 3.05) is 13.1 Å². The van der Waals surface area contributed by atoms with Crippen LogP contribution >= 0.6 is 0 Å². The van der Waals surface area contributed by atoms with Gasteiger partial charge in [-0.3, -0.25) is 4.90 Å². The van der Waals surface area contributed by atoms with Crippen LogP contribution in [0.2, 0.25) is 0 Å². The number of hydrogen-bond donors (Lipinski definition) is 1. The molecule has 116 valence electrons. The lowest BCUT2D eigenvalue weighted by molar-refractivity contribution is 0.316. The van der Waals surface area contributed by atoms with Gasteiger partial charge in [-0.1, -0.05) is 24.3 Å². The predicted molar refractivity (Wildman–Crippen MR) is 86.3 cm³/mol. The molecule has 0 aliphatic carbocycles. The van der Waals surface area contributed by atoms with Gasteiger partial charge in [0.2, 0.25) is 0 Å². The highest BCUT2D eigenvalue weighted by molar-refractivity contribution is 5.27. The molecule has 1 N–H and O–H groups in total. The smallest absolute Gasteiger partial charge is 0.126 e. The second kappa shape index (κ2) is 6.49. The molecule has 0 amide bonds. The molecule has 2 nitrogen and oxygen atoms in total. The Bertz CT molecular complexity index is 656. The zero-order chi connectivity index (χ0) is 15.5. The van der Waals surface area contributed by atoms with Gasteiger partial charge in [0.1, 0.15) is 11.6 Å². The van der Waals surface area contributed by atoms with Crippen molar-refractivity contribution in [1.29, 1.82) is 0 Å². The molecule has 2 aromatic carbocycles. The minimum atomic E-state index is -0.124. The Morgan fingerprint density at radius 3 is 2.82 bits per heavy atom. The zero-order valence-electron chi connectivity index (χ0n) is 12.9. The number of halogens is 1. The molecule has 1 fully saturated rings. The minimum Gasteiger partial charge on any atom is -0.508 e. The van der Waals surface area contributed by atoms with Crippen molar-refractivity contribution >= 4 is 0 Å². The summed E-state index contributed by atoms with van der Waals surface area (Å²) in [6.45, 7) is 4.85. The summed E-state index contributed by atoms with van der Waals surface area (Å²) < 4.78 is 13.3. The Kier molecular flexibility index (Phi) is 4.44. The number of aromatic hydroxyl groups is 1. The highest BCUT2D eigenvalue weighted by atomic mass is 19.1. The van der Waals surface area contributed by atoms with E-state index in [1.54, 1.807) is 12.1 Å². The summed E-state index contributed by atoms with van der Waals surface area (Å²) in [6.07, 6.45) is 2.19. The summed E-state index contributed by atoms with van der Waals surface area (Å²) in [5, 5.41) is 9.53. The number of aryl methyl sites for hydroxylation is 1. The van der Waals surface area contributed by atoms with E-state index in [4.69, 9.17) is 0 Å².